The lowest BCUT2D eigenvalue weighted by Crippen LogP contribution is -2.31. The molecule has 0 aromatic carbocycles. The molecule has 0 saturated carbocycles. The van der Waals surface area contributed by atoms with E-state index in [1.807, 2.05) is 0 Å². The van der Waals surface area contributed by atoms with Crippen molar-refractivity contribution >= 4 is 5.91 Å². The summed E-state index contributed by atoms with van der Waals surface area (Å²) in [4.78, 5) is 16.1. The Morgan fingerprint density at radius 3 is 2.80 bits per heavy atom. The van der Waals surface area contributed by atoms with E-state index in [4.69, 9.17) is 4.74 Å². The largest absolute Gasteiger partial charge is 0.480 e. The summed E-state index contributed by atoms with van der Waals surface area (Å²) >= 11 is 0. The average molecular weight is 420 g/mol. The second-order valence-corrected chi connectivity index (χ2v) is 6.99. The van der Waals surface area contributed by atoms with Gasteiger partial charge in [-0.25, -0.2) is 4.68 Å². The molecule has 0 aliphatic heterocycles. The number of rotatable bonds is 4. The smallest absolute Gasteiger partial charge is 0.433 e. The quantitative estimate of drug-likeness (QED) is 0.702. The number of hydrogen-bond donors (Lipinski definition) is 1. The van der Waals surface area contributed by atoms with Gasteiger partial charge in [-0.15, -0.1) is 5.10 Å². The Hall–Kier alpha value is -3.37. The number of pyridine rings is 1. The van der Waals surface area contributed by atoms with Crippen molar-refractivity contribution in [2.24, 2.45) is 7.05 Å². The van der Waals surface area contributed by atoms with E-state index < -0.39 is 11.9 Å². The summed E-state index contributed by atoms with van der Waals surface area (Å²) in [5, 5.41) is 11.5. The van der Waals surface area contributed by atoms with Gasteiger partial charge < -0.3 is 10.1 Å². The van der Waals surface area contributed by atoms with E-state index in [1.54, 1.807) is 13.2 Å². The zero-order chi connectivity index (χ0) is 21.5. The second-order valence-electron chi connectivity index (χ2n) is 6.99. The number of amides is 1. The second kappa shape index (κ2) is 7.47. The lowest BCUT2D eigenvalue weighted by atomic mass is 9.93. The third-order valence-corrected chi connectivity index (χ3v) is 5.01. The predicted molar refractivity (Wildman–Crippen MR) is 99.3 cm³/mol. The molecule has 1 atom stereocenters. The minimum absolute atomic E-state index is 0.258. The number of nitrogens with zero attached hydrogens (tertiary/aromatic N) is 5. The third kappa shape index (κ3) is 3.74. The molecule has 0 radical (unpaired) electrons. The normalized spacial score (nSPS) is 16.2. The molecule has 1 aliphatic rings. The molecular formula is C19H19F3N6O2. The molecule has 8 nitrogen and oxygen atoms in total. The number of carbonyl (C=O) groups excluding carboxylic acids is 1. The lowest BCUT2D eigenvalue weighted by molar-refractivity contribution is -0.141. The van der Waals surface area contributed by atoms with Crippen molar-refractivity contribution in [1.29, 1.82) is 0 Å². The van der Waals surface area contributed by atoms with Gasteiger partial charge in [0, 0.05) is 31.1 Å². The van der Waals surface area contributed by atoms with Gasteiger partial charge in [-0.3, -0.25) is 14.5 Å². The summed E-state index contributed by atoms with van der Waals surface area (Å²) in [6.45, 7) is 0. The first-order valence-electron chi connectivity index (χ1n) is 9.27. The number of alkyl halides is 3. The highest BCUT2D eigenvalue weighted by Gasteiger charge is 2.33. The van der Waals surface area contributed by atoms with Gasteiger partial charge in [0.25, 0.3) is 5.91 Å². The van der Waals surface area contributed by atoms with Crippen LogP contribution in [0.4, 0.5) is 13.2 Å². The molecule has 1 aliphatic carbocycles. The maximum absolute atomic E-state index is 13.0. The van der Waals surface area contributed by atoms with Crippen LogP contribution in [-0.2, 0) is 19.6 Å². The van der Waals surface area contributed by atoms with Crippen molar-refractivity contribution in [3.63, 3.8) is 0 Å². The number of fused-ring (bicyclic) bond motifs is 1. The van der Waals surface area contributed by atoms with Gasteiger partial charge in [-0.2, -0.15) is 18.3 Å². The Balaban J connectivity index is 1.60. The number of aromatic nitrogens is 5. The Kier molecular flexibility index (Phi) is 4.96. The zero-order valence-electron chi connectivity index (χ0n) is 16.3. The van der Waals surface area contributed by atoms with E-state index in [0.29, 0.717) is 24.4 Å². The highest BCUT2D eigenvalue weighted by molar-refractivity contribution is 5.93. The molecule has 0 bridgehead atoms. The molecule has 158 valence electrons. The molecule has 0 saturated heterocycles. The molecule has 1 amide bonds. The minimum atomic E-state index is -4.54. The number of carbonyl (C=O) groups is 1. The van der Waals surface area contributed by atoms with E-state index >= 15 is 0 Å². The fraction of sp³-hybridized carbons (Fsp3) is 0.368. The Morgan fingerprint density at radius 1 is 1.30 bits per heavy atom. The first kappa shape index (κ1) is 19.9. The highest BCUT2D eigenvalue weighted by atomic mass is 19.4. The molecule has 30 heavy (non-hydrogen) atoms. The van der Waals surface area contributed by atoms with Crippen LogP contribution < -0.4 is 10.1 Å². The maximum atomic E-state index is 13.0. The summed E-state index contributed by atoms with van der Waals surface area (Å²) in [6, 6.07) is 3.65. The first-order chi connectivity index (χ1) is 14.3. The van der Waals surface area contributed by atoms with Gasteiger partial charge in [0.15, 0.2) is 0 Å². The van der Waals surface area contributed by atoms with Crippen molar-refractivity contribution in [3.8, 4) is 11.6 Å². The van der Waals surface area contributed by atoms with Gasteiger partial charge in [0.2, 0.25) is 5.88 Å². The molecule has 0 fully saturated rings. The van der Waals surface area contributed by atoms with Crippen LogP contribution in [-0.4, -0.2) is 37.6 Å². The van der Waals surface area contributed by atoms with Crippen LogP contribution in [0.15, 0.2) is 30.6 Å². The van der Waals surface area contributed by atoms with Gasteiger partial charge in [0.05, 0.1) is 24.5 Å². The van der Waals surface area contributed by atoms with Gasteiger partial charge in [-0.05, 0) is 31.4 Å². The number of nitrogens with one attached hydrogen (secondary N) is 1. The molecule has 0 spiro atoms. The van der Waals surface area contributed by atoms with Crippen LogP contribution in [0, 0.1) is 0 Å². The van der Waals surface area contributed by atoms with E-state index in [1.165, 1.54) is 28.6 Å². The molecule has 1 N–H and O–H groups in total. The summed E-state index contributed by atoms with van der Waals surface area (Å²) in [5.74, 6) is 0.0140. The molecule has 4 rings (SSSR count). The molecule has 11 heteroatoms. The van der Waals surface area contributed by atoms with Crippen molar-refractivity contribution in [2.45, 2.75) is 31.5 Å². The predicted octanol–water partition coefficient (Wildman–Crippen LogP) is 2.84. The number of ether oxygens (including phenoxy) is 1. The van der Waals surface area contributed by atoms with Crippen LogP contribution in [0.3, 0.4) is 0 Å². The van der Waals surface area contributed by atoms with Crippen LogP contribution in [0.5, 0.6) is 5.88 Å². The summed E-state index contributed by atoms with van der Waals surface area (Å²) < 4.78 is 46.8. The maximum Gasteiger partial charge on any atom is 0.433 e. The van der Waals surface area contributed by atoms with Gasteiger partial charge in [-0.1, -0.05) is 0 Å². The SMILES string of the molecule is COc1cc(C(=O)NC2CCCc3nn(-c4ccnc(C(F)(F)F)c4)cc32)n(C)n1. The van der Waals surface area contributed by atoms with Gasteiger partial charge >= 0.3 is 6.18 Å². The van der Waals surface area contributed by atoms with E-state index in [0.717, 1.165) is 29.9 Å². The van der Waals surface area contributed by atoms with Crippen LogP contribution >= 0.6 is 0 Å². The topological polar surface area (TPSA) is 86.9 Å². The Labute approximate surface area is 169 Å². The summed E-state index contributed by atoms with van der Waals surface area (Å²) in [5.41, 5.74) is 1.15. The standard InChI is InChI=1S/C19H19F3N6O2/c1-27-15(9-17(26-27)30-2)18(29)24-13-4-3-5-14-12(13)10-28(25-14)11-6-7-23-16(8-11)19(20,21)22/h6-10,13H,3-5H2,1-2H3,(H,24,29). The Morgan fingerprint density at radius 2 is 2.10 bits per heavy atom. The van der Waals surface area contributed by atoms with Crippen molar-refractivity contribution in [2.75, 3.05) is 7.11 Å². The zero-order valence-corrected chi connectivity index (χ0v) is 16.3. The Bertz CT molecular complexity index is 1090. The molecule has 3 aromatic heterocycles. The van der Waals surface area contributed by atoms with Crippen molar-refractivity contribution < 1.29 is 22.7 Å². The molecule has 3 heterocycles. The van der Waals surface area contributed by atoms with Crippen LogP contribution in [0.2, 0.25) is 0 Å². The fourth-order valence-corrected chi connectivity index (χ4v) is 3.52. The van der Waals surface area contributed by atoms with Crippen molar-refractivity contribution in [3.05, 3.63) is 53.2 Å². The number of halogens is 3. The molecule has 1 unspecified atom stereocenters. The van der Waals surface area contributed by atoms with E-state index in [9.17, 15) is 18.0 Å². The number of methoxy groups -OCH3 is 1. The summed E-state index contributed by atoms with van der Waals surface area (Å²) in [6.07, 6.45) is 0.416. The van der Waals surface area contributed by atoms with E-state index in [2.05, 4.69) is 20.5 Å². The lowest BCUT2D eigenvalue weighted by Gasteiger charge is -2.22. The minimum Gasteiger partial charge on any atom is -0.480 e. The molecule has 3 aromatic rings. The van der Waals surface area contributed by atoms with Crippen LogP contribution in [0.1, 0.15) is 46.3 Å². The van der Waals surface area contributed by atoms with E-state index in [-0.39, 0.29) is 17.6 Å². The van der Waals surface area contributed by atoms with Gasteiger partial charge in [0.1, 0.15) is 11.4 Å². The molecular weight excluding hydrogens is 401 g/mol. The monoisotopic (exact) mass is 420 g/mol. The fourth-order valence-electron chi connectivity index (χ4n) is 3.52. The van der Waals surface area contributed by atoms with Crippen molar-refractivity contribution in [1.82, 2.24) is 29.9 Å². The highest BCUT2D eigenvalue weighted by Crippen LogP contribution is 2.32. The average Bonchev–Trinajstić information content (AvgIpc) is 3.31. The van der Waals surface area contributed by atoms with Crippen LogP contribution in [0.25, 0.3) is 5.69 Å². The number of hydrogen-bond acceptors (Lipinski definition) is 5. The first-order valence-corrected chi connectivity index (χ1v) is 9.27. The third-order valence-electron chi connectivity index (χ3n) is 5.01. The summed E-state index contributed by atoms with van der Waals surface area (Å²) in [7, 11) is 3.11. The number of aryl methyl sites for hydroxylation is 2.